The zero-order chi connectivity index (χ0) is 10.9. The van der Waals surface area contributed by atoms with E-state index in [1.807, 2.05) is 13.8 Å². The van der Waals surface area contributed by atoms with Gasteiger partial charge in [0.25, 0.3) is 0 Å². The van der Waals surface area contributed by atoms with E-state index in [0.717, 1.165) is 12.0 Å². The molecule has 0 N–H and O–H groups in total. The van der Waals surface area contributed by atoms with E-state index in [1.54, 1.807) is 6.92 Å². The molecule has 14 heavy (non-hydrogen) atoms. The van der Waals surface area contributed by atoms with Gasteiger partial charge in [0.15, 0.2) is 0 Å². The Labute approximate surface area is 84.0 Å². The van der Waals surface area contributed by atoms with Gasteiger partial charge in [-0.1, -0.05) is 13.8 Å². The maximum atomic E-state index is 13.5. The van der Waals surface area contributed by atoms with E-state index in [1.165, 1.54) is 13.0 Å². The second kappa shape index (κ2) is 4.07. The highest BCUT2D eigenvalue weighted by Crippen LogP contribution is 2.21. The second-order valence-corrected chi connectivity index (χ2v) is 4.18. The van der Waals surface area contributed by atoms with Crippen molar-refractivity contribution < 1.29 is 8.78 Å². The molecular weight excluding hydrogens is 182 g/mol. The molecule has 0 heterocycles. The second-order valence-electron chi connectivity index (χ2n) is 4.18. The molecule has 78 valence electrons. The number of rotatable bonds is 2. The Balaban J connectivity index is 3.19. The molecule has 0 aliphatic carbocycles. The van der Waals surface area contributed by atoms with Gasteiger partial charge in [-0.25, -0.2) is 8.78 Å². The molecule has 0 aliphatic rings. The minimum Gasteiger partial charge on any atom is -0.207 e. The first kappa shape index (κ1) is 11.2. The van der Waals surface area contributed by atoms with E-state index in [0.29, 0.717) is 11.5 Å². The fourth-order valence-electron chi connectivity index (χ4n) is 1.55. The largest absolute Gasteiger partial charge is 0.207 e. The first-order chi connectivity index (χ1) is 6.43. The molecule has 0 aliphatic heterocycles. The fourth-order valence-corrected chi connectivity index (χ4v) is 1.55. The average Bonchev–Trinajstić information content (AvgIpc) is 2.10. The highest BCUT2D eigenvalue weighted by molar-refractivity contribution is 5.33. The average molecular weight is 198 g/mol. The third-order valence-electron chi connectivity index (χ3n) is 2.43. The van der Waals surface area contributed by atoms with E-state index in [-0.39, 0.29) is 5.56 Å². The van der Waals surface area contributed by atoms with E-state index in [9.17, 15) is 8.78 Å². The lowest BCUT2D eigenvalue weighted by Gasteiger charge is -2.11. The minimum absolute atomic E-state index is 0.120. The van der Waals surface area contributed by atoms with Gasteiger partial charge in [-0.3, -0.25) is 0 Å². The van der Waals surface area contributed by atoms with Gasteiger partial charge in [-0.2, -0.15) is 0 Å². The van der Waals surface area contributed by atoms with Crippen molar-refractivity contribution in [1.29, 1.82) is 0 Å². The monoisotopic (exact) mass is 198 g/mol. The molecule has 0 spiro atoms. The highest BCUT2D eigenvalue weighted by Gasteiger charge is 2.12. The summed E-state index contributed by atoms with van der Waals surface area (Å²) in [6.45, 7) is 7.25. The zero-order valence-corrected chi connectivity index (χ0v) is 9.12. The maximum Gasteiger partial charge on any atom is 0.132 e. The minimum atomic E-state index is -0.441. The Morgan fingerprint density at radius 1 is 1.14 bits per heavy atom. The van der Waals surface area contributed by atoms with Crippen LogP contribution in [0.2, 0.25) is 0 Å². The summed E-state index contributed by atoms with van der Waals surface area (Å²) >= 11 is 0. The van der Waals surface area contributed by atoms with Gasteiger partial charge in [0.05, 0.1) is 0 Å². The molecule has 0 amide bonds. The Bertz CT molecular complexity index is 341. The van der Waals surface area contributed by atoms with Crippen LogP contribution >= 0.6 is 0 Å². The Hall–Kier alpha value is -0.920. The molecule has 0 nitrogen and oxygen atoms in total. The lowest BCUT2D eigenvalue weighted by molar-refractivity contribution is 0.551. The summed E-state index contributed by atoms with van der Waals surface area (Å²) in [4.78, 5) is 0. The summed E-state index contributed by atoms with van der Waals surface area (Å²) in [5.41, 5.74) is 1.48. The smallest absolute Gasteiger partial charge is 0.132 e. The van der Waals surface area contributed by atoms with E-state index >= 15 is 0 Å². The summed E-state index contributed by atoms with van der Waals surface area (Å²) in [7, 11) is 0. The molecule has 0 atom stereocenters. The van der Waals surface area contributed by atoms with E-state index < -0.39 is 11.6 Å². The Morgan fingerprint density at radius 3 is 2.21 bits per heavy atom. The lowest BCUT2D eigenvalue weighted by Crippen LogP contribution is -2.02. The third-order valence-corrected chi connectivity index (χ3v) is 2.43. The van der Waals surface area contributed by atoms with Crippen molar-refractivity contribution >= 4 is 0 Å². The van der Waals surface area contributed by atoms with Crippen LogP contribution in [-0.4, -0.2) is 0 Å². The quantitative estimate of drug-likeness (QED) is 0.678. The van der Waals surface area contributed by atoms with Crippen molar-refractivity contribution in [3.8, 4) is 0 Å². The molecule has 0 saturated heterocycles. The van der Waals surface area contributed by atoms with Crippen molar-refractivity contribution in [2.75, 3.05) is 0 Å². The van der Waals surface area contributed by atoms with Crippen LogP contribution in [0.3, 0.4) is 0 Å². The van der Waals surface area contributed by atoms with Gasteiger partial charge < -0.3 is 0 Å². The molecule has 0 radical (unpaired) electrons. The molecule has 2 heteroatoms. The standard InChI is InChI=1S/C12H16F2/c1-7(2)5-10-6-11(13)9(4)12(14)8(10)3/h6-7H,5H2,1-4H3. The first-order valence-corrected chi connectivity index (χ1v) is 4.87. The van der Waals surface area contributed by atoms with Crippen molar-refractivity contribution in [2.45, 2.75) is 34.1 Å². The first-order valence-electron chi connectivity index (χ1n) is 4.87. The van der Waals surface area contributed by atoms with Gasteiger partial charge >= 0.3 is 0 Å². The van der Waals surface area contributed by atoms with Crippen LogP contribution in [0.15, 0.2) is 6.07 Å². The van der Waals surface area contributed by atoms with Crippen molar-refractivity contribution in [2.24, 2.45) is 5.92 Å². The molecule has 0 saturated carbocycles. The van der Waals surface area contributed by atoms with Crippen molar-refractivity contribution in [3.63, 3.8) is 0 Å². The van der Waals surface area contributed by atoms with Gasteiger partial charge in [0.1, 0.15) is 11.6 Å². The van der Waals surface area contributed by atoms with Crippen LogP contribution in [0.25, 0.3) is 0 Å². The van der Waals surface area contributed by atoms with Crippen LogP contribution < -0.4 is 0 Å². The molecule has 0 unspecified atom stereocenters. The van der Waals surface area contributed by atoms with Crippen LogP contribution in [0.1, 0.15) is 30.5 Å². The van der Waals surface area contributed by atoms with E-state index in [4.69, 9.17) is 0 Å². The molecule has 1 aromatic carbocycles. The topological polar surface area (TPSA) is 0 Å². The number of hydrogen-bond donors (Lipinski definition) is 0. The molecule has 0 aromatic heterocycles. The van der Waals surface area contributed by atoms with Gasteiger partial charge in [-0.15, -0.1) is 0 Å². The van der Waals surface area contributed by atoms with Crippen LogP contribution in [0.4, 0.5) is 8.78 Å². The van der Waals surface area contributed by atoms with Crippen molar-refractivity contribution in [1.82, 2.24) is 0 Å². The predicted molar refractivity (Wildman–Crippen MR) is 54.4 cm³/mol. The molecule has 1 rings (SSSR count). The summed E-state index contributed by atoms with van der Waals surface area (Å²) in [5.74, 6) is -0.431. The summed E-state index contributed by atoms with van der Waals surface area (Å²) < 4.78 is 26.7. The highest BCUT2D eigenvalue weighted by atomic mass is 19.1. The normalized spacial score (nSPS) is 11.1. The van der Waals surface area contributed by atoms with Crippen LogP contribution in [0, 0.1) is 31.4 Å². The maximum absolute atomic E-state index is 13.5. The fraction of sp³-hybridized carbons (Fsp3) is 0.500. The van der Waals surface area contributed by atoms with E-state index in [2.05, 4.69) is 0 Å². The van der Waals surface area contributed by atoms with Crippen LogP contribution in [0.5, 0.6) is 0 Å². The number of hydrogen-bond acceptors (Lipinski definition) is 0. The Kier molecular flexibility index (Phi) is 3.25. The molecule has 0 bridgehead atoms. The van der Waals surface area contributed by atoms with Gasteiger partial charge in [0, 0.05) is 5.56 Å². The third kappa shape index (κ3) is 2.11. The zero-order valence-electron chi connectivity index (χ0n) is 9.12. The Morgan fingerprint density at radius 2 is 1.71 bits per heavy atom. The SMILES string of the molecule is Cc1c(F)cc(CC(C)C)c(C)c1F. The number of halogens is 2. The lowest BCUT2D eigenvalue weighted by atomic mass is 9.96. The summed E-state index contributed by atoms with van der Waals surface area (Å²) in [6, 6.07) is 1.45. The van der Waals surface area contributed by atoms with Crippen LogP contribution in [-0.2, 0) is 6.42 Å². The summed E-state index contributed by atoms with van der Waals surface area (Å²) in [6.07, 6.45) is 0.722. The summed E-state index contributed by atoms with van der Waals surface area (Å²) in [5, 5.41) is 0. The van der Waals surface area contributed by atoms with Gasteiger partial charge in [-0.05, 0) is 43.4 Å². The van der Waals surface area contributed by atoms with Gasteiger partial charge in [0.2, 0.25) is 0 Å². The van der Waals surface area contributed by atoms with Crippen molar-refractivity contribution in [3.05, 3.63) is 34.4 Å². The predicted octanol–water partition coefficient (Wildman–Crippen LogP) is 3.78. The molecule has 0 fully saturated rings. The molecular formula is C12H16F2. The molecule has 1 aromatic rings. The number of benzene rings is 1.